The van der Waals surface area contributed by atoms with Crippen molar-refractivity contribution in [3.63, 3.8) is 0 Å². The van der Waals surface area contributed by atoms with Gasteiger partial charge >= 0.3 is 0 Å². The zero-order valence-corrected chi connectivity index (χ0v) is 19.6. The lowest BCUT2D eigenvalue weighted by molar-refractivity contribution is 0.397. The topological polar surface area (TPSA) is 74.8 Å². The normalized spacial score (nSPS) is 13.4. The second kappa shape index (κ2) is 10.8. The number of piperazine rings is 1. The Morgan fingerprint density at radius 2 is 1.61 bits per heavy atom. The molecule has 1 aliphatic rings. The molecule has 1 aliphatic heterocycles. The molecule has 1 saturated heterocycles. The van der Waals surface area contributed by atoms with E-state index in [9.17, 15) is 0 Å². The second-order valence-corrected chi connectivity index (χ2v) is 7.97. The van der Waals surface area contributed by atoms with Gasteiger partial charge < -0.3 is 29.9 Å². The number of aromatic nitrogens is 2. The maximum absolute atomic E-state index is 5.44. The zero-order chi connectivity index (χ0) is 23.0. The van der Waals surface area contributed by atoms with E-state index in [0.29, 0.717) is 23.5 Å². The van der Waals surface area contributed by atoms with Crippen LogP contribution in [-0.2, 0) is 6.54 Å². The lowest BCUT2D eigenvalue weighted by atomic mass is 10.2. The van der Waals surface area contributed by atoms with Gasteiger partial charge in [0, 0.05) is 44.5 Å². The van der Waals surface area contributed by atoms with Crippen LogP contribution in [0.2, 0.25) is 0 Å². The Morgan fingerprint density at radius 1 is 0.909 bits per heavy atom. The van der Waals surface area contributed by atoms with E-state index in [4.69, 9.17) is 21.7 Å². The summed E-state index contributed by atoms with van der Waals surface area (Å²) in [6.45, 7) is 4.12. The molecular weight excluding hydrogens is 436 g/mol. The first-order valence-electron chi connectivity index (χ1n) is 10.8. The van der Waals surface area contributed by atoms with Crippen LogP contribution in [0.1, 0.15) is 5.56 Å². The highest BCUT2D eigenvalue weighted by Crippen LogP contribution is 2.23. The molecule has 0 saturated carbocycles. The van der Waals surface area contributed by atoms with Crippen molar-refractivity contribution >= 4 is 34.8 Å². The number of anilines is 3. The summed E-state index contributed by atoms with van der Waals surface area (Å²) in [7, 11) is 3.25. The van der Waals surface area contributed by atoms with Crippen LogP contribution in [0.3, 0.4) is 0 Å². The van der Waals surface area contributed by atoms with Crippen LogP contribution in [0.25, 0.3) is 0 Å². The molecule has 8 nitrogen and oxygen atoms in total. The molecule has 2 heterocycles. The standard InChI is InChI=1S/C24H28N6O2S/c1-31-20-10-8-18(9-11-20)17-25-24(33)28-23-26-21(16-22(27-23)32-2)30-14-12-29(13-15-30)19-6-4-3-5-7-19/h3-11,16H,12-15,17H2,1-2H3,(H2,25,26,27,28,33). The highest BCUT2D eigenvalue weighted by atomic mass is 32.1. The quantitative estimate of drug-likeness (QED) is 0.512. The van der Waals surface area contributed by atoms with Gasteiger partial charge in [-0.05, 0) is 42.0 Å². The third-order valence-electron chi connectivity index (χ3n) is 5.46. The lowest BCUT2D eigenvalue weighted by Crippen LogP contribution is -2.46. The Balaban J connectivity index is 1.36. The van der Waals surface area contributed by atoms with Gasteiger partial charge in [-0.2, -0.15) is 9.97 Å². The molecule has 33 heavy (non-hydrogen) atoms. The maximum Gasteiger partial charge on any atom is 0.234 e. The van der Waals surface area contributed by atoms with Crippen molar-refractivity contribution in [1.29, 1.82) is 0 Å². The average molecular weight is 465 g/mol. The fourth-order valence-electron chi connectivity index (χ4n) is 3.64. The minimum absolute atomic E-state index is 0.405. The Kier molecular flexibility index (Phi) is 7.41. The SMILES string of the molecule is COc1ccc(CNC(=S)Nc2nc(OC)cc(N3CCN(c4ccccc4)CC3)n2)cc1. The van der Waals surface area contributed by atoms with Gasteiger partial charge in [0.1, 0.15) is 11.6 Å². The number of methoxy groups -OCH3 is 2. The Morgan fingerprint density at radius 3 is 2.27 bits per heavy atom. The predicted octanol–water partition coefficient (Wildman–Crippen LogP) is 3.31. The van der Waals surface area contributed by atoms with Gasteiger partial charge in [-0.1, -0.05) is 30.3 Å². The number of para-hydroxylation sites is 1. The van der Waals surface area contributed by atoms with E-state index in [-0.39, 0.29) is 0 Å². The average Bonchev–Trinajstić information content (AvgIpc) is 2.88. The van der Waals surface area contributed by atoms with Crippen molar-refractivity contribution in [1.82, 2.24) is 15.3 Å². The van der Waals surface area contributed by atoms with Gasteiger partial charge in [0.15, 0.2) is 5.11 Å². The molecule has 1 aromatic heterocycles. The summed E-state index contributed by atoms with van der Waals surface area (Å²) in [5.74, 6) is 2.53. The van der Waals surface area contributed by atoms with E-state index in [1.807, 2.05) is 36.4 Å². The maximum atomic E-state index is 5.44. The highest BCUT2D eigenvalue weighted by Gasteiger charge is 2.20. The molecule has 0 unspecified atom stereocenters. The number of nitrogens with one attached hydrogen (secondary N) is 2. The first kappa shape index (κ1) is 22.6. The van der Waals surface area contributed by atoms with E-state index >= 15 is 0 Å². The number of rotatable bonds is 7. The third kappa shape index (κ3) is 6.01. The summed E-state index contributed by atoms with van der Waals surface area (Å²) in [6.07, 6.45) is 0. The molecule has 0 aliphatic carbocycles. The fraction of sp³-hybridized carbons (Fsp3) is 0.292. The van der Waals surface area contributed by atoms with E-state index < -0.39 is 0 Å². The molecule has 172 valence electrons. The summed E-state index contributed by atoms with van der Waals surface area (Å²) < 4.78 is 10.6. The van der Waals surface area contributed by atoms with E-state index in [0.717, 1.165) is 43.3 Å². The van der Waals surface area contributed by atoms with Gasteiger partial charge in [0.05, 0.1) is 14.2 Å². The van der Waals surface area contributed by atoms with Crippen molar-refractivity contribution in [2.45, 2.75) is 6.54 Å². The molecule has 0 bridgehead atoms. The summed E-state index contributed by atoms with van der Waals surface area (Å²) in [5, 5.41) is 6.71. The van der Waals surface area contributed by atoms with Crippen LogP contribution in [0.5, 0.6) is 11.6 Å². The fourth-order valence-corrected chi connectivity index (χ4v) is 3.80. The smallest absolute Gasteiger partial charge is 0.234 e. The van der Waals surface area contributed by atoms with Crippen molar-refractivity contribution in [2.24, 2.45) is 0 Å². The third-order valence-corrected chi connectivity index (χ3v) is 5.71. The van der Waals surface area contributed by atoms with Crippen molar-refractivity contribution < 1.29 is 9.47 Å². The summed E-state index contributed by atoms with van der Waals surface area (Å²) in [5.41, 5.74) is 2.33. The van der Waals surface area contributed by atoms with Gasteiger partial charge in [0.2, 0.25) is 11.8 Å². The number of ether oxygens (including phenoxy) is 2. The minimum Gasteiger partial charge on any atom is -0.497 e. The molecule has 9 heteroatoms. The molecule has 0 spiro atoms. The monoisotopic (exact) mass is 464 g/mol. The first-order chi connectivity index (χ1) is 16.1. The molecule has 0 radical (unpaired) electrons. The summed E-state index contributed by atoms with van der Waals surface area (Å²) in [4.78, 5) is 13.7. The highest BCUT2D eigenvalue weighted by molar-refractivity contribution is 7.80. The summed E-state index contributed by atoms with van der Waals surface area (Å²) >= 11 is 5.44. The van der Waals surface area contributed by atoms with Crippen LogP contribution < -0.4 is 29.9 Å². The van der Waals surface area contributed by atoms with E-state index in [1.165, 1.54) is 5.69 Å². The van der Waals surface area contributed by atoms with Gasteiger partial charge in [0.25, 0.3) is 0 Å². The van der Waals surface area contributed by atoms with Crippen molar-refractivity contribution in [3.8, 4) is 11.6 Å². The molecule has 2 aromatic carbocycles. The van der Waals surface area contributed by atoms with Crippen LogP contribution in [0, 0.1) is 0 Å². The number of nitrogens with zero attached hydrogens (tertiary/aromatic N) is 4. The minimum atomic E-state index is 0.405. The van der Waals surface area contributed by atoms with Crippen molar-refractivity contribution in [2.75, 3.05) is 55.5 Å². The summed E-state index contributed by atoms with van der Waals surface area (Å²) in [6, 6.07) is 20.1. The van der Waals surface area contributed by atoms with Crippen molar-refractivity contribution in [3.05, 3.63) is 66.2 Å². The molecule has 2 N–H and O–H groups in total. The molecule has 4 rings (SSSR count). The second-order valence-electron chi connectivity index (χ2n) is 7.56. The number of thiocarbonyl (C=S) groups is 1. The van der Waals surface area contributed by atoms with Gasteiger partial charge in [-0.15, -0.1) is 0 Å². The zero-order valence-electron chi connectivity index (χ0n) is 18.8. The van der Waals surface area contributed by atoms with E-state index in [2.05, 4.69) is 54.7 Å². The largest absolute Gasteiger partial charge is 0.497 e. The van der Waals surface area contributed by atoms with Crippen LogP contribution >= 0.6 is 12.2 Å². The number of benzene rings is 2. The lowest BCUT2D eigenvalue weighted by Gasteiger charge is -2.36. The predicted molar refractivity (Wildman–Crippen MR) is 136 cm³/mol. The van der Waals surface area contributed by atoms with Crippen LogP contribution in [0.15, 0.2) is 60.7 Å². The first-order valence-corrected chi connectivity index (χ1v) is 11.2. The van der Waals surface area contributed by atoms with Gasteiger partial charge in [-0.3, -0.25) is 0 Å². The molecule has 0 atom stereocenters. The number of hydrogen-bond donors (Lipinski definition) is 2. The van der Waals surface area contributed by atoms with Crippen LogP contribution in [0.4, 0.5) is 17.5 Å². The molecular formula is C24H28N6O2S. The van der Waals surface area contributed by atoms with Crippen LogP contribution in [-0.4, -0.2) is 55.5 Å². The molecule has 0 amide bonds. The van der Waals surface area contributed by atoms with Gasteiger partial charge in [-0.25, -0.2) is 0 Å². The molecule has 1 fully saturated rings. The Bertz CT molecular complexity index is 1060. The molecule has 3 aromatic rings. The number of hydrogen-bond acceptors (Lipinski definition) is 7. The Hall–Kier alpha value is -3.59. The van der Waals surface area contributed by atoms with E-state index in [1.54, 1.807) is 14.2 Å². The Labute approximate surface area is 199 Å².